The van der Waals surface area contributed by atoms with Crippen LogP contribution in [0.1, 0.15) is 94.7 Å². The third-order valence-electron chi connectivity index (χ3n) is 6.43. The molecule has 0 amide bonds. The molecule has 0 saturated carbocycles. The van der Waals surface area contributed by atoms with Crippen LogP contribution in [0.3, 0.4) is 0 Å². The third-order valence-corrected chi connectivity index (χ3v) is 6.43. The van der Waals surface area contributed by atoms with Crippen molar-refractivity contribution in [3.63, 3.8) is 0 Å². The quantitative estimate of drug-likeness (QED) is 0.201. The number of hydrogen-bond acceptors (Lipinski definition) is 3. The van der Waals surface area contributed by atoms with Gasteiger partial charge in [0.25, 0.3) is 0 Å². The maximum absolute atomic E-state index is 5.87. The smallest absolute Gasteiger partial charge is 0.232 e. The van der Waals surface area contributed by atoms with Crippen LogP contribution >= 0.6 is 0 Å². The Morgan fingerprint density at radius 3 is 1.68 bits per heavy atom. The number of nitrogens with zero attached hydrogens (tertiary/aromatic N) is 2. The van der Waals surface area contributed by atoms with Gasteiger partial charge in [-0.2, -0.15) is 0 Å². The average molecular weight is 459 g/mol. The summed E-state index contributed by atoms with van der Waals surface area (Å²) in [6.07, 6.45) is 19.1. The van der Waals surface area contributed by atoms with E-state index in [2.05, 4.69) is 72.3 Å². The average Bonchev–Trinajstić information content (AvgIpc) is 2.89. The van der Waals surface area contributed by atoms with Crippen molar-refractivity contribution in [3.8, 4) is 17.1 Å². The third kappa shape index (κ3) is 9.29. The van der Waals surface area contributed by atoms with E-state index in [1.807, 2.05) is 0 Å². The van der Waals surface area contributed by atoms with Crippen LogP contribution in [0.4, 0.5) is 0 Å². The van der Waals surface area contributed by atoms with Crippen molar-refractivity contribution >= 4 is 0 Å². The van der Waals surface area contributed by atoms with Crippen LogP contribution < -0.4 is 4.74 Å². The van der Waals surface area contributed by atoms with Crippen LogP contribution in [0.5, 0.6) is 5.88 Å². The number of rotatable bonds is 16. The number of aryl methyl sites for hydroxylation is 2. The molecule has 3 heteroatoms. The molecule has 0 aliphatic heterocycles. The molecule has 1 aromatic heterocycles. The van der Waals surface area contributed by atoms with Gasteiger partial charge in [0, 0.05) is 5.56 Å². The molecule has 0 saturated heterocycles. The zero-order chi connectivity index (χ0) is 23.8. The van der Waals surface area contributed by atoms with E-state index in [0.29, 0.717) is 12.5 Å². The molecule has 0 unspecified atom stereocenters. The van der Waals surface area contributed by atoms with E-state index in [4.69, 9.17) is 4.74 Å². The van der Waals surface area contributed by atoms with E-state index in [-0.39, 0.29) is 0 Å². The first-order valence-corrected chi connectivity index (χ1v) is 13.4. The molecule has 182 valence electrons. The second-order valence-corrected chi connectivity index (χ2v) is 9.37. The Balaban J connectivity index is 1.40. The lowest BCUT2D eigenvalue weighted by Gasteiger charge is -2.08. The lowest BCUT2D eigenvalue weighted by Crippen LogP contribution is -1.99. The fraction of sp³-hybridized carbons (Fsp3) is 0.484. The van der Waals surface area contributed by atoms with E-state index < -0.39 is 0 Å². The number of benzene rings is 2. The summed E-state index contributed by atoms with van der Waals surface area (Å²) in [5.41, 5.74) is 5.94. The molecule has 0 atom stereocenters. The van der Waals surface area contributed by atoms with Crippen molar-refractivity contribution in [2.24, 2.45) is 0 Å². The molecule has 3 aromatic rings. The standard InChI is InChI=1S/C31H42N2O/c1-3-5-7-9-10-12-14-26-15-17-28(18-16-26)25-34-31-24-32-30(23-33-31)29-21-19-27(20-22-29)13-11-8-6-4-2/h15-24H,3-14,25H2,1-2H3. The summed E-state index contributed by atoms with van der Waals surface area (Å²) < 4.78 is 5.87. The number of unbranched alkanes of at least 4 members (excludes halogenated alkanes) is 8. The van der Waals surface area contributed by atoms with Gasteiger partial charge in [-0.15, -0.1) is 0 Å². The highest BCUT2D eigenvalue weighted by Crippen LogP contribution is 2.20. The molecule has 0 radical (unpaired) electrons. The van der Waals surface area contributed by atoms with Crippen molar-refractivity contribution in [1.29, 1.82) is 0 Å². The van der Waals surface area contributed by atoms with Crippen LogP contribution in [0.15, 0.2) is 60.9 Å². The number of hydrogen-bond donors (Lipinski definition) is 0. The first kappa shape index (κ1) is 25.9. The second-order valence-electron chi connectivity index (χ2n) is 9.37. The van der Waals surface area contributed by atoms with Gasteiger partial charge >= 0.3 is 0 Å². The fourth-order valence-electron chi connectivity index (χ4n) is 4.21. The molecule has 2 aromatic carbocycles. The lowest BCUT2D eigenvalue weighted by molar-refractivity contribution is 0.292. The molecule has 3 nitrogen and oxygen atoms in total. The molecule has 1 heterocycles. The molecule has 0 aliphatic carbocycles. The van der Waals surface area contributed by atoms with E-state index in [1.165, 1.54) is 81.8 Å². The maximum Gasteiger partial charge on any atom is 0.232 e. The van der Waals surface area contributed by atoms with Crippen LogP contribution in [0.2, 0.25) is 0 Å². The molecular formula is C31H42N2O. The van der Waals surface area contributed by atoms with Crippen molar-refractivity contribution in [2.75, 3.05) is 0 Å². The Hall–Kier alpha value is -2.68. The van der Waals surface area contributed by atoms with Crippen LogP contribution in [0, 0.1) is 0 Å². The van der Waals surface area contributed by atoms with Gasteiger partial charge in [0.2, 0.25) is 5.88 Å². The second kappa shape index (κ2) is 15.3. The van der Waals surface area contributed by atoms with Gasteiger partial charge in [0.05, 0.1) is 18.1 Å². The molecule has 0 N–H and O–H groups in total. The van der Waals surface area contributed by atoms with Crippen molar-refractivity contribution in [3.05, 3.63) is 77.6 Å². The summed E-state index contributed by atoms with van der Waals surface area (Å²) in [5.74, 6) is 0.562. The Bertz CT molecular complexity index is 917. The highest BCUT2D eigenvalue weighted by Gasteiger charge is 2.04. The lowest BCUT2D eigenvalue weighted by atomic mass is 10.0. The van der Waals surface area contributed by atoms with Gasteiger partial charge in [0.1, 0.15) is 6.61 Å². The molecule has 0 fully saturated rings. The zero-order valence-electron chi connectivity index (χ0n) is 21.3. The van der Waals surface area contributed by atoms with E-state index in [9.17, 15) is 0 Å². The van der Waals surface area contributed by atoms with Crippen LogP contribution in [-0.2, 0) is 19.4 Å². The summed E-state index contributed by atoms with van der Waals surface area (Å²) >= 11 is 0. The van der Waals surface area contributed by atoms with Crippen LogP contribution in [0.25, 0.3) is 11.3 Å². The normalized spacial score (nSPS) is 11.0. The van der Waals surface area contributed by atoms with Gasteiger partial charge < -0.3 is 4.74 Å². The molecule has 3 rings (SSSR count). The minimum Gasteiger partial charge on any atom is -0.472 e. The summed E-state index contributed by atoms with van der Waals surface area (Å²) in [6.45, 7) is 5.03. The SMILES string of the molecule is CCCCCCCCc1ccc(COc2cnc(-c3ccc(CCCCCC)cc3)cn2)cc1. The predicted octanol–water partition coefficient (Wildman–Crippen LogP) is 8.75. The first-order valence-electron chi connectivity index (χ1n) is 13.4. The van der Waals surface area contributed by atoms with Crippen molar-refractivity contribution in [2.45, 2.75) is 97.5 Å². The highest BCUT2D eigenvalue weighted by atomic mass is 16.5. The number of aromatic nitrogens is 2. The van der Waals surface area contributed by atoms with Gasteiger partial charge in [0.15, 0.2) is 0 Å². The van der Waals surface area contributed by atoms with Gasteiger partial charge in [-0.25, -0.2) is 9.97 Å². The maximum atomic E-state index is 5.87. The highest BCUT2D eigenvalue weighted by molar-refractivity contribution is 5.58. The Morgan fingerprint density at radius 2 is 1.09 bits per heavy atom. The molecule has 0 bridgehead atoms. The van der Waals surface area contributed by atoms with Crippen molar-refractivity contribution in [1.82, 2.24) is 9.97 Å². The Labute approximate surface area is 207 Å². The molecule has 34 heavy (non-hydrogen) atoms. The van der Waals surface area contributed by atoms with Gasteiger partial charge in [-0.1, -0.05) is 114 Å². The monoisotopic (exact) mass is 458 g/mol. The Morgan fingerprint density at radius 1 is 0.559 bits per heavy atom. The summed E-state index contributed by atoms with van der Waals surface area (Å²) in [5, 5.41) is 0. The zero-order valence-corrected chi connectivity index (χ0v) is 21.3. The topological polar surface area (TPSA) is 35.0 Å². The Kier molecular flexibility index (Phi) is 11.6. The summed E-state index contributed by atoms with van der Waals surface area (Å²) in [4.78, 5) is 9.03. The first-order chi connectivity index (χ1) is 16.8. The minimum atomic E-state index is 0.512. The van der Waals surface area contributed by atoms with Gasteiger partial charge in [-0.3, -0.25) is 0 Å². The molecule has 0 aliphatic rings. The van der Waals surface area contributed by atoms with Crippen molar-refractivity contribution < 1.29 is 4.74 Å². The predicted molar refractivity (Wildman–Crippen MR) is 143 cm³/mol. The number of ether oxygens (including phenoxy) is 1. The minimum absolute atomic E-state index is 0.512. The van der Waals surface area contributed by atoms with E-state index in [0.717, 1.165) is 23.2 Å². The summed E-state index contributed by atoms with van der Waals surface area (Å²) in [7, 11) is 0. The molecular weight excluding hydrogens is 416 g/mol. The largest absolute Gasteiger partial charge is 0.472 e. The van der Waals surface area contributed by atoms with E-state index >= 15 is 0 Å². The molecule has 0 spiro atoms. The fourth-order valence-corrected chi connectivity index (χ4v) is 4.21. The van der Waals surface area contributed by atoms with Gasteiger partial charge in [-0.05, 0) is 42.4 Å². The summed E-state index contributed by atoms with van der Waals surface area (Å²) in [6, 6.07) is 17.5. The van der Waals surface area contributed by atoms with E-state index in [1.54, 1.807) is 12.4 Å². The van der Waals surface area contributed by atoms with Crippen LogP contribution in [-0.4, -0.2) is 9.97 Å².